The minimum Gasteiger partial charge on any atom is -0.370 e. The van der Waals surface area contributed by atoms with Crippen molar-refractivity contribution in [2.45, 2.75) is 25.9 Å². The Morgan fingerprint density at radius 1 is 1.26 bits per heavy atom. The Bertz CT molecular complexity index is 410. The Morgan fingerprint density at radius 3 is 2.32 bits per heavy atom. The second-order valence-electron chi connectivity index (χ2n) is 4.25. The van der Waals surface area contributed by atoms with Crippen molar-refractivity contribution in [1.82, 2.24) is 4.90 Å². The van der Waals surface area contributed by atoms with Gasteiger partial charge in [0.15, 0.2) is 0 Å². The quantitative estimate of drug-likeness (QED) is 0.804. The highest BCUT2D eigenvalue weighted by atomic mass is 35.5. The van der Waals surface area contributed by atoms with Gasteiger partial charge in [-0.15, -0.1) is 12.4 Å². The summed E-state index contributed by atoms with van der Waals surface area (Å²) in [7, 11) is 0. The van der Waals surface area contributed by atoms with Crippen LogP contribution in [0.15, 0.2) is 30.3 Å². The highest BCUT2D eigenvalue weighted by Crippen LogP contribution is 2.06. The van der Waals surface area contributed by atoms with E-state index in [1.54, 1.807) is 11.8 Å². The fraction of sp³-hybridized carbons (Fsp3) is 0.385. The molecule has 0 heterocycles. The average molecular weight is 286 g/mol. The molecule has 4 N–H and O–H groups in total. The largest absolute Gasteiger partial charge is 0.370 e. The lowest BCUT2D eigenvalue weighted by molar-refractivity contribution is -0.133. The van der Waals surface area contributed by atoms with Crippen molar-refractivity contribution in [3.8, 4) is 0 Å². The molecule has 6 heteroatoms. The zero-order chi connectivity index (χ0) is 13.5. The molecule has 1 atom stereocenters. The van der Waals surface area contributed by atoms with Crippen LogP contribution in [0.25, 0.3) is 0 Å². The predicted octanol–water partition coefficient (Wildman–Crippen LogP) is 0.660. The Morgan fingerprint density at radius 2 is 1.84 bits per heavy atom. The van der Waals surface area contributed by atoms with Crippen molar-refractivity contribution < 1.29 is 9.59 Å². The zero-order valence-corrected chi connectivity index (χ0v) is 11.7. The Hall–Kier alpha value is -1.59. The first-order valence-electron chi connectivity index (χ1n) is 5.87. The monoisotopic (exact) mass is 285 g/mol. The van der Waals surface area contributed by atoms with Crippen molar-refractivity contribution in [2.24, 2.45) is 11.5 Å². The van der Waals surface area contributed by atoms with Crippen LogP contribution in [0.2, 0.25) is 0 Å². The molecule has 19 heavy (non-hydrogen) atoms. The van der Waals surface area contributed by atoms with Gasteiger partial charge in [-0.2, -0.15) is 0 Å². The van der Waals surface area contributed by atoms with Crippen LogP contribution in [0.5, 0.6) is 0 Å². The van der Waals surface area contributed by atoms with Gasteiger partial charge < -0.3 is 16.4 Å². The third-order valence-corrected chi connectivity index (χ3v) is 2.55. The molecule has 0 saturated carbocycles. The van der Waals surface area contributed by atoms with Crippen molar-refractivity contribution >= 4 is 24.2 Å². The summed E-state index contributed by atoms with van der Waals surface area (Å²) in [5.74, 6) is -0.606. The van der Waals surface area contributed by atoms with Crippen LogP contribution in [0, 0.1) is 0 Å². The number of carbonyl (C=O) groups is 2. The van der Waals surface area contributed by atoms with Gasteiger partial charge >= 0.3 is 0 Å². The Kier molecular flexibility index (Phi) is 7.79. The molecule has 5 nitrogen and oxygen atoms in total. The van der Waals surface area contributed by atoms with E-state index in [0.29, 0.717) is 13.1 Å². The maximum atomic E-state index is 11.9. The molecule has 0 saturated heterocycles. The standard InChI is InChI=1S/C13H19N3O2.ClH/c1-10(14)13(18)16(8-7-12(15)17)9-11-5-3-2-4-6-11;/h2-6,10H,7-9,14H2,1H3,(H2,15,17);1H/t10-;/m0./s1. The van der Waals surface area contributed by atoms with E-state index < -0.39 is 11.9 Å². The molecule has 0 aliphatic rings. The summed E-state index contributed by atoms with van der Waals surface area (Å²) < 4.78 is 0. The third-order valence-electron chi connectivity index (χ3n) is 2.55. The van der Waals surface area contributed by atoms with E-state index in [0.717, 1.165) is 5.56 Å². The number of benzene rings is 1. The van der Waals surface area contributed by atoms with Gasteiger partial charge in [0.1, 0.15) is 0 Å². The summed E-state index contributed by atoms with van der Waals surface area (Å²) in [5, 5.41) is 0. The van der Waals surface area contributed by atoms with Crippen LogP contribution in [0.4, 0.5) is 0 Å². The fourth-order valence-corrected chi connectivity index (χ4v) is 1.60. The molecule has 0 radical (unpaired) electrons. The molecule has 1 rings (SSSR count). The van der Waals surface area contributed by atoms with E-state index >= 15 is 0 Å². The molecule has 0 bridgehead atoms. The maximum absolute atomic E-state index is 11.9. The SMILES string of the molecule is C[C@H](N)C(=O)N(CCC(N)=O)Cc1ccccc1.Cl. The number of hydrogen-bond acceptors (Lipinski definition) is 3. The Labute approximate surface area is 119 Å². The lowest BCUT2D eigenvalue weighted by Gasteiger charge is -2.24. The molecule has 0 aliphatic carbocycles. The van der Waals surface area contributed by atoms with Crippen molar-refractivity contribution in [2.75, 3.05) is 6.54 Å². The molecule has 0 aliphatic heterocycles. The number of hydrogen-bond donors (Lipinski definition) is 2. The van der Waals surface area contributed by atoms with Gasteiger partial charge in [-0.25, -0.2) is 0 Å². The van der Waals surface area contributed by atoms with Crippen LogP contribution in [0.1, 0.15) is 18.9 Å². The molecule has 1 aromatic rings. The topological polar surface area (TPSA) is 89.4 Å². The highest BCUT2D eigenvalue weighted by molar-refractivity contribution is 5.85. The van der Waals surface area contributed by atoms with Gasteiger partial charge in [-0.1, -0.05) is 30.3 Å². The highest BCUT2D eigenvalue weighted by Gasteiger charge is 2.18. The van der Waals surface area contributed by atoms with E-state index in [1.807, 2.05) is 30.3 Å². The molecule has 0 aromatic heterocycles. The summed E-state index contributed by atoms with van der Waals surface area (Å²) in [4.78, 5) is 24.3. The second-order valence-corrected chi connectivity index (χ2v) is 4.25. The summed E-state index contributed by atoms with van der Waals surface area (Å²) >= 11 is 0. The number of halogens is 1. The first-order chi connectivity index (χ1) is 8.50. The molecule has 2 amide bonds. The number of carbonyl (C=O) groups excluding carboxylic acids is 2. The van der Waals surface area contributed by atoms with Crippen LogP contribution in [-0.4, -0.2) is 29.3 Å². The van der Waals surface area contributed by atoms with Crippen LogP contribution in [-0.2, 0) is 16.1 Å². The number of nitrogens with two attached hydrogens (primary N) is 2. The molecule has 0 unspecified atom stereocenters. The maximum Gasteiger partial charge on any atom is 0.239 e. The predicted molar refractivity (Wildman–Crippen MR) is 76.6 cm³/mol. The Balaban J connectivity index is 0.00000324. The minimum atomic E-state index is -0.582. The van der Waals surface area contributed by atoms with Crippen LogP contribution >= 0.6 is 12.4 Å². The van der Waals surface area contributed by atoms with E-state index in [9.17, 15) is 9.59 Å². The van der Waals surface area contributed by atoms with E-state index in [4.69, 9.17) is 11.5 Å². The van der Waals surface area contributed by atoms with Gasteiger partial charge in [-0.3, -0.25) is 9.59 Å². The number of nitrogens with zero attached hydrogens (tertiary/aromatic N) is 1. The summed E-state index contributed by atoms with van der Waals surface area (Å²) in [6.45, 7) is 2.36. The molecule has 1 aromatic carbocycles. The number of primary amides is 1. The second kappa shape index (κ2) is 8.50. The van der Waals surface area contributed by atoms with E-state index in [-0.39, 0.29) is 24.7 Å². The molecule has 0 spiro atoms. The zero-order valence-electron chi connectivity index (χ0n) is 10.9. The van der Waals surface area contributed by atoms with Crippen molar-refractivity contribution in [1.29, 1.82) is 0 Å². The smallest absolute Gasteiger partial charge is 0.239 e. The average Bonchev–Trinajstić information content (AvgIpc) is 2.34. The first kappa shape index (κ1) is 17.4. The van der Waals surface area contributed by atoms with Gasteiger partial charge in [0.05, 0.1) is 6.04 Å². The first-order valence-corrected chi connectivity index (χ1v) is 5.87. The van der Waals surface area contributed by atoms with Crippen molar-refractivity contribution in [3.63, 3.8) is 0 Å². The van der Waals surface area contributed by atoms with Crippen LogP contribution < -0.4 is 11.5 Å². The van der Waals surface area contributed by atoms with Crippen LogP contribution in [0.3, 0.4) is 0 Å². The minimum absolute atomic E-state index is 0. The number of amides is 2. The normalized spacial score (nSPS) is 11.3. The fourth-order valence-electron chi connectivity index (χ4n) is 1.60. The molecule has 106 valence electrons. The molecular weight excluding hydrogens is 266 g/mol. The lowest BCUT2D eigenvalue weighted by Crippen LogP contribution is -2.42. The summed E-state index contributed by atoms with van der Waals surface area (Å²) in [5.41, 5.74) is 11.7. The lowest BCUT2D eigenvalue weighted by atomic mass is 10.2. The van der Waals surface area contributed by atoms with Gasteiger partial charge in [0.2, 0.25) is 11.8 Å². The van der Waals surface area contributed by atoms with Gasteiger partial charge in [0, 0.05) is 19.5 Å². The van der Waals surface area contributed by atoms with Gasteiger partial charge in [-0.05, 0) is 12.5 Å². The third kappa shape index (κ3) is 6.22. The van der Waals surface area contributed by atoms with Gasteiger partial charge in [0.25, 0.3) is 0 Å². The summed E-state index contributed by atoms with van der Waals surface area (Å²) in [6.07, 6.45) is 0.144. The van der Waals surface area contributed by atoms with Crippen molar-refractivity contribution in [3.05, 3.63) is 35.9 Å². The summed E-state index contributed by atoms with van der Waals surface area (Å²) in [6, 6.07) is 8.97. The molecule has 0 fully saturated rings. The molecular formula is C13H20ClN3O2. The van der Waals surface area contributed by atoms with E-state index in [2.05, 4.69) is 0 Å². The van der Waals surface area contributed by atoms with E-state index in [1.165, 1.54) is 0 Å². The number of rotatable bonds is 6.